The molecule has 2 rings (SSSR count). The van der Waals surface area contributed by atoms with Gasteiger partial charge in [-0.25, -0.2) is 8.42 Å². The first-order chi connectivity index (χ1) is 8.38. The molecule has 0 aromatic heterocycles. The predicted octanol–water partition coefficient (Wildman–Crippen LogP) is 4.24. The van der Waals surface area contributed by atoms with Crippen molar-refractivity contribution in [2.24, 2.45) is 0 Å². The fourth-order valence-electron chi connectivity index (χ4n) is 1.69. The van der Waals surface area contributed by atoms with Crippen molar-refractivity contribution in [2.75, 3.05) is 0 Å². The smallest absolute Gasteiger partial charge is 0.207 e. The molecule has 2 aromatic carbocycles. The van der Waals surface area contributed by atoms with Gasteiger partial charge in [0, 0.05) is 21.3 Å². The summed E-state index contributed by atoms with van der Waals surface area (Å²) in [6.45, 7) is 1.98. The van der Waals surface area contributed by atoms with Crippen LogP contribution in [0.3, 0.4) is 0 Å². The Hall–Kier alpha value is -1.03. The number of benzene rings is 2. The van der Waals surface area contributed by atoms with Crippen LogP contribution in [0.5, 0.6) is 0 Å². The molecular weight excluding hydrogens is 291 g/mol. The van der Waals surface area contributed by atoms with Crippen molar-refractivity contribution in [2.45, 2.75) is 11.8 Å². The molecular formula is C13H10Cl2O2S. The molecule has 0 atom stereocenters. The minimum atomic E-state index is -3.74. The van der Waals surface area contributed by atoms with Crippen LogP contribution in [0.2, 0.25) is 5.02 Å². The summed E-state index contributed by atoms with van der Waals surface area (Å²) in [5.41, 5.74) is 2.83. The van der Waals surface area contributed by atoms with E-state index in [-0.39, 0.29) is 4.90 Å². The SMILES string of the molecule is Cc1cccc(-c2ccc(S(=O)(=O)Cl)cc2Cl)c1. The van der Waals surface area contributed by atoms with E-state index >= 15 is 0 Å². The fraction of sp³-hybridized carbons (Fsp3) is 0.0769. The average Bonchev–Trinajstić information content (AvgIpc) is 2.27. The van der Waals surface area contributed by atoms with Gasteiger partial charge >= 0.3 is 0 Å². The third kappa shape index (κ3) is 2.86. The lowest BCUT2D eigenvalue weighted by Gasteiger charge is -2.06. The molecule has 0 saturated carbocycles. The molecule has 0 spiro atoms. The van der Waals surface area contributed by atoms with Gasteiger partial charge < -0.3 is 0 Å². The van der Waals surface area contributed by atoms with E-state index < -0.39 is 9.05 Å². The van der Waals surface area contributed by atoms with Crippen LogP contribution >= 0.6 is 22.3 Å². The molecule has 0 heterocycles. The van der Waals surface area contributed by atoms with E-state index in [2.05, 4.69) is 0 Å². The van der Waals surface area contributed by atoms with E-state index in [9.17, 15) is 8.42 Å². The number of halogens is 2. The lowest BCUT2D eigenvalue weighted by Crippen LogP contribution is -1.91. The van der Waals surface area contributed by atoms with Crippen LogP contribution in [0.15, 0.2) is 47.4 Å². The lowest BCUT2D eigenvalue weighted by atomic mass is 10.0. The first-order valence-electron chi connectivity index (χ1n) is 5.19. The van der Waals surface area contributed by atoms with Gasteiger partial charge in [0.2, 0.25) is 0 Å². The highest BCUT2D eigenvalue weighted by atomic mass is 35.7. The molecule has 0 fully saturated rings. The van der Waals surface area contributed by atoms with Crippen molar-refractivity contribution in [1.29, 1.82) is 0 Å². The second kappa shape index (κ2) is 4.92. The van der Waals surface area contributed by atoms with Gasteiger partial charge in [0.1, 0.15) is 0 Å². The largest absolute Gasteiger partial charge is 0.261 e. The number of hydrogen-bond acceptors (Lipinski definition) is 2. The Morgan fingerprint density at radius 1 is 1.06 bits per heavy atom. The zero-order valence-electron chi connectivity index (χ0n) is 9.52. The monoisotopic (exact) mass is 300 g/mol. The summed E-state index contributed by atoms with van der Waals surface area (Å²) in [5.74, 6) is 0. The number of aryl methyl sites for hydroxylation is 1. The highest BCUT2D eigenvalue weighted by Crippen LogP contribution is 2.31. The Morgan fingerprint density at radius 3 is 2.33 bits per heavy atom. The number of rotatable bonds is 2. The van der Waals surface area contributed by atoms with E-state index in [1.54, 1.807) is 6.07 Å². The molecule has 0 aliphatic heterocycles. The summed E-state index contributed by atoms with van der Waals surface area (Å²) in [6, 6.07) is 12.3. The number of hydrogen-bond donors (Lipinski definition) is 0. The summed E-state index contributed by atoms with van der Waals surface area (Å²) in [6.07, 6.45) is 0. The molecule has 0 aliphatic rings. The summed E-state index contributed by atoms with van der Waals surface area (Å²) >= 11 is 6.10. The molecule has 5 heteroatoms. The van der Waals surface area contributed by atoms with Crippen molar-refractivity contribution in [3.8, 4) is 11.1 Å². The van der Waals surface area contributed by atoms with Crippen LogP contribution in [0.1, 0.15) is 5.56 Å². The van der Waals surface area contributed by atoms with Gasteiger partial charge in [-0.3, -0.25) is 0 Å². The normalized spacial score (nSPS) is 11.5. The van der Waals surface area contributed by atoms with Crippen LogP contribution in [0, 0.1) is 6.92 Å². The maximum absolute atomic E-state index is 11.2. The Labute approximate surface area is 116 Å². The molecule has 0 amide bonds. The molecule has 94 valence electrons. The molecule has 0 aliphatic carbocycles. The molecule has 18 heavy (non-hydrogen) atoms. The molecule has 2 aromatic rings. The van der Waals surface area contributed by atoms with Crippen molar-refractivity contribution >= 4 is 31.3 Å². The Bertz CT molecular complexity index is 694. The van der Waals surface area contributed by atoms with E-state index in [0.29, 0.717) is 5.02 Å². The third-order valence-corrected chi connectivity index (χ3v) is 4.22. The Kier molecular flexibility index (Phi) is 3.66. The summed E-state index contributed by atoms with van der Waals surface area (Å²) in [5, 5.41) is 0.363. The van der Waals surface area contributed by atoms with Crippen LogP contribution in [-0.4, -0.2) is 8.42 Å². The van der Waals surface area contributed by atoms with E-state index in [0.717, 1.165) is 16.7 Å². The van der Waals surface area contributed by atoms with Gasteiger partial charge in [-0.2, -0.15) is 0 Å². The van der Waals surface area contributed by atoms with Crippen LogP contribution < -0.4 is 0 Å². The van der Waals surface area contributed by atoms with Crippen LogP contribution in [-0.2, 0) is 9.05 Å². The van der Waals surface area contributed by atoms with Crippen LogP contribution in [0.4, 0.5) is 0 Å². The maximum atomic E-state index is 11.2. The van der Waals surface area contributed by atoms with Gasteiger partial charge in [0.15, 0.2) is 0 Å². The van der Waals surface area contributed by atoms with Crippen LogP contribution in [0.25, 0.3) is 11.1 Å². The topological polar surface area (TPSA) is 34.1 Å². The summed E-state index contributed by atoms with van der Waals surface area (Å²) < 4.78 is 22.4. The van der Waals surface area contributed by atoms with Gasteiger partial charge in [0.25, 0.3) is 9.05 Å². The Morgan fingerprint density at radius 2 is 1.78 bits per heavy atom. The highest BCUT2D eigenvalue weighted by molar-refractivity contribution is 8.13. The molecule has 0 saturated heterocycles. The maximum Gasteiger partial charge on any atom is 0.261 e. The average molecular weight is 301 g/mol. The molecule has 0 N–H and O–H groups in total. The van der Waals surface area contributed by atoms with Gasteiger partial charge in [0.05, 0.1) is 4.90 Å². The van der Waals surface area contributed by atoms with E-state index in [1.807, 2.05) is 31.2 Å². The van der Waals surface area contributed by atoms with Crippen molar-refractivity contribution < 1.29 is 8.42 Å². The summed E-state index contributed by atoms with van der Waals surface area (Å²) in [4.78, 5) is 0.00516. The zero-order valence-corrected chi connectivity index (χ0v) is 11.9. The van der Waals surface area contributed by atoms with Crippen molar-refractivity contribution in [1.82, 2.24) is 0 Å². The first kappa shape index (κ1) is 13.4. The highest BCUT2D eigenvalue weighted by Gasteiger charge is 2.12. The zero-order chi connectivity index (χ0) is 13.3. The molecule has 0 bridgehead atoms. The van der Waals surface area contributed by atoms with Crippen molar-refractivity contribution in [3.05, 3.63) is 53.1 Å². The quantitative estimate of drug-likeness (QED) is 0.777. The van der Waals surface area contributed by atoms with E-state index in [1.165, 1.54) is 12.1 Å². The van der Waals surface area contributed by atoms with Gasteiger partial charge in [-0.05, 0) is 24.6 Å². The third-order valence-electron chi connectivity index (χ3n) is 2.55. The summed E-state index contributed by atoms with van der Waals surface area (Å²) in [7, 11) is 1.52. The fourth-order valence-corrected chi connectivity index (χ4v) is 2.83. The minimum Gasteiger partial charge on any atom is -0.207 e. The van der Waals surface area contributed by atoms with Crippen molar-refractivity contribution in [3.63, 3.8) is 0 Å². The second-order valence-electron chi connectivity index (χ2n) is 3.95. The second-order valence-corrected chi connectivity index (χ2v) is 6.92. The molecule has 0 unspecified atom stereocenters. The Balaban J connectivity index is 2.55. The molecule has 0 radical (unpaired) electrons. The lowest BCUT2D eigenvalue weighted by molar-refractivity contribution is 0.609. The van der Waals surface area contributed by atoms with E-state index in [4.69, 9.17) is 22.3 Å². The predicted molar refractivity (Wildman–Crippen MR) is 74.7 cm³/mol. The minimum absolute atomic E-state index is 0.00516. The standard InChI is InChI=1S/C13H10Cl2O2S/c1-9-3-2-4-10(7-9)12-6-5-11(8-13(12)14)18(15,16)17/h2-8H,1H3. The van der Waals surface area contributed by atoms with Gasteiger partial charge in [-0.15, -0.1) is 0 Å². The first-order valence-corrected chi connectivity index (χ1v) is 7.88. The van der Waals surface area contributed by atoms with Gasteiger partial charge in [-0.1, -0.05) is 47.5 Å². The molecule has 2 nitrogen and oxygen atoms in total.